The fourth-order valence-electron chi connectivity index (χ4n) is 4.05. The van der Waals surface area contributed by atoms with Crippen molar-refractivity contribution in [1.82, 2.24) is 15.1 Å². The van der Waals surface area contributed by atoms with Gasteiger partial charge in [0.15, 0.2) is 0 Å². The van der Waals surface area contributed by atoms with Crippen LogP contribution in [0.25, 0.3) is 0 Å². The van der Waals surface area contributed by atoms with Gasteiger partial charge in [-0.1, -0.05) is 54.6 Å². The summed E-state index contributed by atoms with van der Waals surface area (Å²) < 4.78 is 0. The Bertz CT molecular complexity index is 870. The van der Waals surface area contributed by atoms with Crippen LogP contribution in [-0.4, -0.2) is 46.8 Å². The van der Waals surface area contributed by atoms with Crippen molar-refractivity contribution in [3.63, 3.8) is 0 Å². The van der Waals surface area contributed by atoms with Crippen LogP contribution in [-0.2, 0) is 29.0 Å². The summed E-state index contributed by atoms with van der Waals surface area (Å²) in [6.07, 6.45) is 2.44. The molecule has 1 fully saturated rings. The molecule has 1 atom stereocenters. The van der Waals surface area contributed by atoms with Gasteiger partial charge in [0.25, 0.3) is 5.91 Å². The van der Waals surface area contributed by atoms with Crippen LogP contribution in [0.15, 0.2) is 54.6 Å². The Hall–Kier alpha value is -3.15. The first kappa shape index (κ1) is 19.2. The molecule has 0 radical (unpaired) electrons. The summed E-state index contributed by atoms with van der Waals surface area (Å²) >= 11 is 0. The number of aryl methyl sites for hydroxylation is 1. The molecule has 150 valence electrons. The Kier molecular flexibility index (Phi) is 5.60. The van der Waals surface area contributed by atoms with E-state index < -0.39 is 6.04 Å². The molecule has 0 spiro atoms. The zero-order chi connectivity index (χ0) is 20.2. The standard InChI is InChI=1S/C23H25N3O3/c27-21(24-13-6-9-17-7-2-1-3-8-17)12-14-25-22(28)20-15-18-10-4-5-11-19(18)16-26(20)23(25)29/h1-5,7-8,10-11,20H,6,9,12-16H2,(H,24,27)/t20-/m0/s1. The minimum absolute atomic E-state index is 0.130. The molecule has 2 aliphatic heterocycles. The molecule has 1 saturated heterocycles. The van der Waals surface area contributed by atoms with Crippen molar-refractivity contribution in [3.8, 4) is 0 Å². The van der Waals surface area contributed by atoms with Gasteiger partial charge in [0.1, 0.15) is 6.04 Å². The van der Waals surface area contributed by atoms with Crippen LogP contribution in [0.1, 0.15) is 29.5 Å². The second-order valence-corrected chi connectivity index (χ2v) is 7.58. The predicted octanol–water partition coefficient (Wildman–Crippen LogP) is 2.51. The first-order chi connectivity index (χ1) is 14.1. The predicted molar refractivity (Wildman–Crippen MR) is 109 cm³/mol. The molecule has 2 heterocycles. The Labute approximate surface area is 170 Å². The summed E-state index contributed by atoms with van der Waals surface area (Å²) in [6.45, 7) is 1.17. The van der Waals surface area contributed by atoms with Crippen LogP contribution < -0.4 is 5.32 Å². The Morgan fingerprint density at radius 3 is 2.52 bits per heavy atom. The Morgan fingerprint density at radius 1 is 1.00 bits per heavy atom. The number of carbonyl (C=O) groups is 3. The van der Waals surface area contributed by atoms with Crippen molar-refractivity contribution < 1.29 is 14.4 Å². The van der Waals surface area contributed by atoms with Crippen molar-refractivity contribution in [2.45, 2.75) is 38.3 Å². The number of nitrogens with one attached hydrogen (secondary N) is 1. The highest BCUT2D eigenvalue weighted by Crippen LogP contribution is 2.29. The van der Waals surface area contributed by atoms with Crippen molar-refractivity contribution >= 4 is 17.8 Å². The summed E-state index contributed by atoms with van der Waals surface area (Å²) in [6, 6.07) is 17.3. The highest BCUT2D eigenvalue weighted by atomic mass is 16.2. The van der Waals surface area contributed by atoms with Gasteiger partial charge in [-0.3, -0.25) is 14.5 Å². The maximum Gasteiger partial charge on any atom is 0.327 e. The van der Waals surface area contributed by atoms with Crippen LogP contribution in [0.2, 0.25) is 0 Å². The third-order valence-corrected chi connectivity index (χ3v) is 5.65. The number of carbonyl (C=O) groups excluding carboxylic acids is 3. The third kappa shape index (κ3) is 4.16. The maximum absolute atomic E-state index is 12.7. The van der Waals surface area contributed by atoms with E-state index in [2.05, 4.69) is 17.4 Å². The summed E-state index contributed by atoms with van der Waals surface area (Å²) in [5.74, 6) is -0.326. The van der Waals surface area contributed by atoms with Crippen LogP contribution >= 0.6 is 0 Å². The van der Waals surface area contributed by atoms with E-state index in [1.165, 1.54) is 10.5 Å². The van der Waals surface area contributed by atoms with Crippen LogP contribution in [0.3, 0.4) is 0 Å². The number of hydrogen-bond donors (Lipinski definition) is 1. The number of imide groups is 1. The summed E-state index contributed by atoms with van der Waals surface area (Å²) in [5.41, 5.74) is 3.45. The van der Waals surface area contributed by atoms with Crippen molar-refractivity contribution in [2.75, 3.05) is 13.1 Å². The number of urea groups is 1. The third-order valence-electron chi connectivity index (χ3n) is 5.65. The van der Waals surface area contributed by atoms with Gasteiger partial charge in [-0.15, -0.1) is 0 Å². The molecule has 2 aromatic carbocycles. The molecule has 0 saturated carbocycles. The van der Waals surface area contributed by atoms with Crippen molar-refractivity contribution in [1.29, 1.82) is 0 Å². The van der Waals surface area contributed by atoms with Crippen molar-refractivity contribution in [3.05, 3.63) is 71.3 Å². The minimum Gasteiger partial charge on any atom is -0.356 e. The van der Waals surface area contributed by atoms with E-state index in [1.54, 1.807) is 4.90 Å². The highest BCUT2D eigenvalue weighted by molar-refractivity contribution is 6.04. The zero-order valence-corrected chi connectivity index (χ0v) is 16.3. The Morgan fingerprint density at radius 2 is 1.72 bits per heavy atom. The van der Waals surface area contributed by atoms with E-state index in [9.17, 15) is 14.4 Å². The number of fused-ring (bicyclic) bond motifs is 2. The number of nitrogens with zero attached hydrogens (tertiary/aromatic N) is 2. The van der Waals surface area contributed by atoms with Gasteiger partial charge >= 0.3 is 6.03 Å². The number of hydrogen-bond acceptors (Lipinski definition) is 3. The fourth-order valence-corrected chi connectivity index (χ4v) is 4.05. The highest BCUT2D eigenvalue weighted by Gasteiger charge is 2.46. The molecule has 0 aliphatic carbocycles. The zero-order valence-electron chi connectivity index (χ0n) is 16.3. The quantitative estimate of drug-likeness (QED) is 0.582. The van der Waals surface area contributed by atoms with E-state index in [0.29, 0.717) is 19.5 Å². The van der Waals surface area contributed by atoms with Gasteiger partial charge in [0, 0.05) is 32.5 Å². The van der Waals surface area contributed by atoms with Gasteiger partial charge in [-0.2, -0.15) is 0 Å². The molecule has 1 N–H and O–H groups in total. The van der Waals surface area contributed by atoms with E-state index in [0.717, 1.165) is 24.0 Å². The fraction of sp³-hybridized carbons (Fsp3) is 0.348. The molecule has 6 nitrogen and oxygen atoms in total. The molecule has 4 amide bonds. The van der Waals surface area contributed by atoms with Gasteiger partial charge in [-0.05, 0) is 29.5 Å². The van der Waals surface area contributed by atoms with Crippen LogP contribution in [0.4, 0.5) is 4.79 Å². The molecule has 0 aromatic heterocycles. The minimum atomic E-state index is -0.439. The molecular formula is C23H25N3O3. The SMILES string of the molecule is O=C(CCN1C(=O)[C@@H]2Cc3ccccc3CN2C1=O)NCCCc1ccccc1. The molecule has 6 heteroatoms. The van der Waals surface area contributed by atoms with Crippen LogP contribution in [0, 0.1) is 0 Å². The Balaban J connectivity index is 1.24. The van der Waals surface area contributed by atoms with Gasteiger partial charge in [0.2, 0.25) is 5.91 Å². The van der Waals surface area contributed by atoms with Gasteiger partial charge < -0.3 is 10.2 Å². The van der Waals surface area contributed by atoms with Crippen molar-refractivity contribution in [2.24, 2.45) is 0 Å². The largest absolute Gasteiger partial charge is 0.356 e. The van der Waals surface area contributed by atoms with Gasteiger partial charge in [0.05, 0.1) is 0 Å². The monoisotopic (exact) mass is 391 g/mol. The summed E-state index contributed by atoms with van der Waals surface area (Å²) in [5, 5.41) is 2.88. The van der Waals surface area contributed by atoms with E-state index in [4.69, 9.17) is 0 Å². The maximum atomic E-state index is 12.7. The van der Waals surface area contributed by atoms with E-state index >= 15 is 0 Å². The summed E-state index contributed by atoms with van der Waals surface area (Å²) in [7, 11) is 0. The van der Waals surface area contributed by atoms with E-state index in [1.807, 2.05) is 42.5 Å². The molecule has 0 bridgehead atoms. The lowest BCUT2D eigenvalue weighted by Crippen LogP contribution is -2.39. The average molecular weight is 391 g/mol. The lowest BCUT2D eigenvalue weighted by molar-refractivity contribution is -0.129. The lowest BCUT2D eigenvalue weighted by atomic mass is 9.95. The molecule has 2 aliphatic rings. The van der Waals surface area contributed by atoms with E-state index in [-0.39, 0.29) is 30.8 Å². The smallest absolute Gasteiger partial charge is 0.327 e. The number of benzene rings is 2. The summed E-state index contributed by atoms with van der Waals surface area (Å²) in [4.78, 5) is 40.4. The molecule has 0 unspecified atom stereocenters. The normalized spacial score (nSPS) is 17.9. The van der Waals surface area contributed by atoms with Crippen LogP contribution in [0.5, 0.6) is 0 Å². The average Bonchev–Trinajstić information content (AvgIpc) is 2.98. The number of amides is 4. The topological polar surface area (TPSA) is 69.7 Å². The second kappa shape index (κ2) is 8.47. The molecule has 2 aromatic rings. The first-order valence-corrected chi connectivity index (χ1v) is 10.1. The molecule has 4 rings (SSSR count). The first-order valence-electron chi connectivity index (χ1n) is 10.1. The lowest BCUT2D eigenvalue weighted by Gasteiger charge is -2.28. The second-order valence-electron chi connectivity index (χ2n) is 7.58. The number of rotatable bonds is 7. The van der Waals surface area contributed by atoms with Gasteiger partial charge in [-0.25, -0.2) is 4.79 Å². The molecule has 29 heavy (non-hydrogen) atoms. The molecular weight excluding hydrogens is 366 g/mol.